The molecule has 0 radical (unpaired) electrons. The van der Waals surface area contributed by atoms with Crippen LogP contribution >= 0.6 is 0 Å². The minimum Gasteiger partial charge on any atom is -0.309 e. The first-order chi connectivity index (χ1) is 14.7. The zero-order chi connectivity index (χ0) is 20.1. The van der Waals surface area contributed by atoms with Crippen molar-refractivity contribution < 1.29 is 4.68 Å². The highest BCUT2D eigenvalue weighted by atomic mass is 15.4. The van der Waals surface area contributed by atoms with E-state index in [2.05, 4.69) is 50.0 Å². The molecule has 2 fully saturated rings. The lowest BCUT2D eigenvalue weighted by molar-refractivity contribution is -0.643. The van der Waals surface area contributed by atoms with Crippen molar-refractivity contribution in [2.24, 2.45) is 0 Å². The molecule has 0 aliphatic heterocycles. The van der Waals surface area contributed by atoms with Gasteiger partial charge in [0.25, 0.3) is 0 Å². The Balaban J connectivity index is 1.22. The monoisotopic (exact) mass is 399 g/mol. The lowest BCUT2D eigenvalue weighted by Crippen LogP contribution is -2.41. The van der Waals surface area contributed by atoms with E-state index in [1.807, 2.05) is 35.3 Å². The summed E-state index contributed by atoms with van der Waals surface area (Å²) in [6.07, 6.45) is 12.8. The number of anilines is 1. The molecule has 150 valence electrons. The summed E-state index contributed by atoms with van der Waals surface area (Å²) in [5, 5.41) is 8.35. The Labute approximate surface area is 174 Å². The quantitative estimate of drug-likeness (QED) is 0.504. The van der Waals surface area contributed by atoms with E-state index in [0.717, 1.165) is 28.8 Å². The Hall–Kier alpha value is -3.55. The van der Waals surface area contributed by atoms with Crippen molar-refractivity contribution in [1.29, 1.82) is 0 Å². The van der Waals surface area contributed by atoms with Gasteiger partial charge in [0.1, 0.15) is 17.8 Å². The number of hydrogen-bond acceptors (Lipinski definition) is 5. The van der Waals surface area contributed by atoms with Gasteiger partial charge in [-0.05, 0) is 44.7 Å². The molecular weight excluding hydrogens is 376 g/mol. The molecule has 2 saturated carbocycles. The van der Waals surface area contributed by atoms with Gasteiger partial charge in [0, 0.05) is 30.3 Å². The van der Waals surface area contributed by atoms with Crippen LogP contribution in [-0.4, -0.2) is 29.3 Å². The highest BCUT2D eigenvalue weighted by molar-refractivity contribution is 5.53. The van der Waals surface area contributed by atoms with Crippen molar-refractivity contribution in [1.82, 2.24) is 29.3 Å². The maximum atomic E-state index is 4.74. The van der Waals surface area contributed by atoms with Crippen molar-refractivity contribution in [3.8, 4) is 17.2 Å². The highest BCUT2D eigenvalue weighted by Crippen LogP contribution is 2.39. The summed E-state index contributed by atoms with van der Waals surface area (Å²) >= 11 is 0. The molecular formula is C22H23N8+. The molecule has 4 aromatic heterocycles. The Morgan fingerprint density at radius 3 is 2.63 bits per heavy atom. The molecule has 0 saturated heterocycles. The molecule has 8 heteroatoms. The largest absolute Gasteiger partial charge is 0.309 e. The molecule has 0 bridgehead atoms. The molecule has 4 aromatic rings. The van der Waals surface area contributed by atoms with Crippen molar-refractivity contribution in [3.05, 3.63) is 66.8 Å². The van der Waals surface area contributed by atoms with Crippen LogP contribution in [0.5, 0.6) is 0 Å². The fourth-order valence-electron chi connectivity index (χ4n) is 3.79. The second kappa shape index (κ2) is 6.76. The summed E-state index contributed by atoms with van der Waals surface area (Å²) < 4.78 is 6.17. The third kappa shape index (κ3) is 3.24. The highest BCUT2D eigenvalue weighted by Gasteiger charge is 2.28. The van der Waals surface area contributed by atoms with E-state index in [1.54, 1.807) is 6.33 Å². The Morgan fingerprint density at radius 1 is 1.03 bits per heavy atom. The molecule has 8 nitrogen and oxygen atoms in total. The molecule has 0 aromatic carbocycles. The summed E-state index contributed by atoms with van der Waals surface area (Å²) in [6.45, 7) is 2.06. The zero-order valence-corrected chi connectivity index (χ0v) is 16.8. The molecule has 0 spiro atoms. The zero-order valence-electron chi connectivity index (χ0n) is 16.8. The molecule has 2 aliphatic carbocycles. The van der Waals surface area contributed by atoms with E-state index >= 15 is 0 Å². The van der Waals surface area contributed by atoms with Crippen LogP contribution in [0, 0.1) is 6.92 Å². The molecule has 0 atom stereocenters. The smallest absolute Gasteiger partial charge is 0.202 e. The molecule has 2 aliphatic rings. The maximum absolute atomic E-state index is 4.74. The first-order valence-electron chi connectivity index (χ1n) is 10.5. The third-order valence-electron chi connectivity index (χ3n) is 5.72. The van der Waals surface area contributed by atoms with Gasteiger partial charge in [0.15, 0.2) is 11.6 Å². The number of pyridine rings is 2. The van der Waals surface area contributed by atoms with Crippen molar-refractivity contribution in [2.75, 3.05) is 5.43 Å². The van der Waals surface area contributed by atoms with Gasteiger partial charge >= 0.3 is 0 Å². The van der Waals surface area contributed by atoms with E-state index < -0.39 is 0 Å². The topological polar surface area (TPSA) is 77.3 Å². The van der Waals surface area contributed by atoms with Crippen LogP contribution in [-0.2, 0) is 0 Å². The summed E-state index contributed by atoms with van der Waals surface area (Å²) in [4.78, 5) is 9.45. The van der Waals surface area contributed by atoms with Gasteiger partial charge < -0.3 is 9.13 Å². The van der Waals surface area contributed by atoms with Crippen LogP contribution in [0.4, 0.5) is 5.82 Å². The van der Waals surface area contributed by atoms with E-state index in [0.29, 0.717) is 12.0 Å². The van der Waals surface area contributed by atoms with Crippen molar-refractivity contribution in [3.63, 3.8) is 0 Å². The van der Waals surface area contributed by atoms with E-state index in [9.17, 15) is 0 Å². The molecule has 0 unspecified atom stereocenters. The average Bonchev–Trinajstić information content (AvgIpc) is 3.70. The molecule has 0 amide bonds. The molecule has 4 heterocycles. The second-order valence-corrected chi connectivity index (χ2v) is 8.13. The molecule has 30 heavy (non-hydrogen) atoms. The van der Waals surface area contributed by atoms with Gasteiger partial charge in [-0.1, -0.05) is 10.7 Å². The van der Waals surface area contributed by atoms with Crippen LogP contribution < -0.4 is 10.1 Å². The lowest BCUT2D eigenvalue weighted by Gasteiger charge is -2.06. The van der Waals surface area contributed by atoms with E-state index in [4.69, 9.17) is 9.97 Å². The van der Waals surface area contributed by atoms with Gasteiger partial charge in [0.2, 0.25) is 12.4 Å². The first-order valence-corrected chi connectivity index (χ1v) is 10.5. The average molecular weight is 399 g/mol. The fraction of sp³-hybridized carbons (Fsp3) is 0.318. The molecule has 1 N–H and O–H groups in total. The number of hydrogen-bond donors (Lipinski definition) is 1. The predicted molar refractivity (Wildman–Crippen MR) is 111 cm³/mol. The van der Waals surface area contributed by atoms with Gasteiger partial charge in [-0.3, -0.25) is 0 Å². The van der Waals surface area contributed by atoms with Crippen LogP contribution in [0.1, 0.15) is 49.2 Å². The minimum absolute atomic E-state index is 0.516. The number of nitrogens with one attached hydrogen (secondary N) is 1. The first kappa shape index (κ1) is 17.3. The van der Waals surface area contributed by atoms with Crippen LogP contribution in [0.15, 0.2) is 55.2 Å². The number of imidazole rings is 1. The minimum atomic E-state index is 0.516. The summed E-state index contributed by atoms with van der Waals surface area (Å²) in [5.41, 5.74) is 6.45. The number of aryl methyl sites for hydroxylation is 1. The Kier molecular flexibility index (Phi) is 3.90. The Morgan fingerprint density at radius 2 is 1.87 bits per heavy atom. The number of nitrogens with zero attached hydrogens (tertiary/aromatic N) is 7. The predicted octanol–water partition coefficient (Wildman–Crippen LogP) is 3.21. The van der Waals surface area contributed by atoms with Crippen LogP contribution in [0.25, 0.3) is 17.2 Å². The normalized spacial score (nSPS) is 16.0. The molecule has 6 rings (SSSR count). The summed E-state index contributed by atoms with van der Waals surface area (Å²) in [6, 6.07) is 10.6. The lowest BCUT2D eigenvalue weighted by atomic mass is 10.3. The summed E-state index contributed by atoms with van der Waals surface area (Å²) in [7, 11) is 0. The van der Waals surface area contributed by atoms with E-state index in [1.165, 1.54) is 31.4 Å². The van der Waals surface area contributed by atoms with Crippen molar-refractivity contribution >= 4 is 5.82 Å². The van der Waals surface area contributed by atoms with Gasteiger partial charge in [-0.15, -0.1) is 15.6 Å². The SMILES string of the molecule is Cc1nc(C2CC2)cn1-c1cc[n+](Nc2cccc(-c3nncn3C3CC3)n2)cc1. The van der Waals surface area contributed by atoms with Gasteiger partial charge in [0.05, 0.1) is 11.4 Å². The fourth-order valence-corrected chi connectivity index (χ4v) is 3.79. The van der Waals surface area contributed by atoms with Crippen molar-refractivity contribution in [2.45, 2.75) is 44.6 Å². The standard InChI is InChI=1S/C22H23N8/c1-15-24-20(16-5-6-16)13-29(15)18-9-11-28(12-10-18)27-21-4-2-3-19(25-21)22-26-23-14-30(22)17-7-8-17/h2-4,9-14,16-17H,5-8H2,1H3,(H,25,27)/q+1. The maximum Gasteiger partial charge on any atom is 0.202 e. The van der Waals surface area contributed by atoms with Crippen LogP contribution in [0.2, 0.25) is 0 Å². The number of aromatic nitrogens is 7. The third-order valence-corrected chi connectivity index (χ3v) is 5.72. The number of rotatable bonds is 6. The second-order valence-electron chi connectivity index (χ2n) is 8.13. The van der Waals surface area contributed by atoms with Crippen LogP contribution in [0.3, 0.4) is 0 Å². The van der Waals surface area contributed by atoms with E-state index in [-0.39, 0.29) is 0 Å². The van der Waals surface area contributed by atoms with Gasteiger partial charge in [-0.2, -0.15) is 0 Å². The van der Waals surface area contributed by atoms with Gasteiger partial charge in [-0.25, -0.2) is 9.97 Å². The Bertz CT molecular complexity index is 1200. The summed E-state index contributed by atoms with van der Waals surface area (Å²) in [5.74, 6) is 3.26.